The van der Waals surface area contributed by atoms with E-state index in [0.717, 1.165) is 40.4 Å². The van der Waals surface area contributed by atoms with Crippen molar-refractivity contribution in [3.63, 3.8) is 0 Å². The van der Waals surface area contributed by atoms with Crippen molar-refractivity contribution in [1.29, 1.82) is 0 Å². The van der Waals surface area contributed by atoms with E-state index in [1.54, 1.807) is 23.1 Å². The average molecular weight is 433 g/mol. The van der Waals surface area contributed by atoms with Crippen LogP contribution in [0.25, 0.3) is 10.2 Å². The first-order valence-electron chi connectivity index (χ1n) is 11.2. The van der Waals surface area contributed by atoms with Gasteiger partial charge in [0.15, 0.2) is 5.16 Å². The molecule has 1 aliphatic carbocycles. The van der Waals surface area contributed by atoms with Gasteiger partial charge in [0.2, 0.25) is 0 Å². The molecule has 0 spiro atoms. The summed E-state index contributed by atoms with van der Waals surface area (Å²) < 4.78 is 1.84. The summed E-state index contributed by atoms with van der Waals surface area (Å²) in [5, 5.41) is 1.75. The molecule has 160 valence electrons. The molecule has 0 radical (unpaired) electrons. The predicted molar refractivity (Wildman–Crippen MR) is 129 cm³/mol. The molecule has 0 aliphatic heterocycles. The maximum Gasteiger partial charge on any atom is 0.263 e. The van der Waals surface area contributed by atoms with Gasteiger partial charge in [-0.1, -0.05) is 71.2 Å². The second-order valence-corrected chi connectivity index (χ2v) is 11.5. The lowest BCUT2D eigenvalue weighted by Gasteiger charge is -2.33. The van der Waals surface area contributed by atoms with Crippen LogP contribution in [0.5, 0.6) is 0 Å². The van der Waals surface area contributed by atoms with Crippen LogP contribution in [0, 0.1) is 11.3 Å². The number of hydrogen-bond acceptors (Lipinski definition) is 4. The normalized spacial score (nSPS) is 16.9. The molecule has 2 heterocycles. The van der Waals surface area contributed by atoms with E-state index in [1.807, 2.05) is 10.6 Å². The first kappa shape index (κ1) is 22.6. The van der Waals surface area contributed by atoms with Crippen molar-refractivity contribution in [3.05, 3.63) is 33.4 Å². The highest BCUT2D eigenvalue weighted by Gasteiger charge is 2.32. The van der Waals surface area contributed by atoms with Crippen LogP contribution in [0.4, 0.5) is 0 Å². The molecular formula is C24H36N2OS2. The highest BCUT2D eigenvalue weighted by molar-refractivity contribution is 7.99. The Labute approximate surface area is 184 Å². The number of nitrogens with zero attached hydrogens (tertiary/aromatic N) is 2. The van der Waals surface area contributed by atoms with Crippen molar-refractivity contribution in [1.82, 2.24) is 9.55 Å². The fraction of sp³-hybridized carbons (Fsp3) is 0.667. The maximum absolute atomic E-state index is 13.4. The van der Waals surface area contributed by atoms with E-state index in [2.05, 4.69) is 34.3 Å². The topological polar surface area (TPSA) is 34.9 Å². The molecule has 1 aliphatic rings. The van der Waals surface area contributed by atoms with E-state index in [0.29, 0.717) is 17.9 Å². The number of allylic oxidation sites excluding steroid dienone is 1. The van der Waals surface area contributed by atoms with Gasteiger partial charge in [-0.2, -0.15) is 0 Å². The minimum Gasteiger partial charge on any atom is -0.283 e. The third kappa shape index (κ3) is 5.16. The zero-order chi connectivity index (χ0) is 21.0. The second kappa shape index (κ2) is 9.82. The first-order valence-corrected chi connectivity index (χ1v) is 13.0. The van der Waals surface area contributed by atoms with Gasteiger partial charge in [0, 0.05) is 17.2 Å². The molecule has 0 fully saturated rings. The molecule has 0 saturated heterocycles. The monoisotopic (exact) mass is 432 g/mol. The van der Waals surface area contributed by atoms with Crippen LogP contribution in [0.3, 0.4) is 0 Å². The molecule has 0 aromatic carbocycles. The van der Waals surface area contributed by atoms with Crippen LogP contribution in [0.1, 0.15) is 76.7 Å². The molecule has 1 unspecified atom stereocenters. The molecule has 0 saturated carbocycles. The number of thiophene rings is 1. The molecule has 2 aromatic rings. The summed E-state index contributed by atoms with van der Waals surface area (Å²) >= 11 is 3.50. The Morgan fingerprint density at radius 2 is 2.03 bits per heavy atom. The average Bonchev–Trinajstić information content (AvgIpc) is 3.04. The molecule has 0 amide bonds. The summed E-state index contributed by atoms with van der Waals surface area (Å²) in [5.74, 6) is 1.70. The number of rotatable bonds is 9. The zero-order valence-corrected chi connectivity index (χ0v) is 20.2. The summed E-state index contributed by atoms with van der Waals surface area (Å²) in [4.78, 5) is 20.7. The molecule has 29 heavy (non-hydrogen) atoms. The Hall–Kier alpha value is -1.07. The van der Waals surface area contributed by atoms with Crippen molar-refractivity contribution in [2.45, 2.75) is 90.8 Å². The first-order chi connectivity index (χ1) is 13.9. The lowest BCUT2D eigenvalue weighted by atomic mass is 9.72. The van der Waals surface area contributed by atoms with Crippen LogP contribution in [-0.2, 0) is 19.4 Å². The molecule has 0 bridgehead atoms. The van der Waals surface area contributed by atoms with E-state index in [1.165, 1.54) is 42.5 Å². The Balaban J connectivity index is 1.88. The Morgan fingerprint density at radius 3 is 2.72 bits per heavy atom. The van der Waals surface area contributed by atoms with Crippen molar-refractivity contribution < 1.29 is 0 Å². The number of aromatic nitrogens is 2. The van der Waals surface area contributed by atoms with Gasteiger partial charge >= 0.3 is 0 Å². The third-order valence-electron chi connectivity index (χ3n) is 6.15. The van der Waals surface area contributed by atoms with Gasteiger partial charge in [-0.3, -0.25) is 9.36 Å². The minimum absolute atomic E-state index is 0.134. The smallest absolute Gasteiger partial charge is 0.263 e. The fourth-order valence-electron chi connectivity index (χ4n) is 4.25. The lowest BCUT2D eigenvalue weighted by molar-refractivity contribution is 0.218. The summed E-state index contributed by atoms with van der Waals surface area (Å²) in [6.45, 7) is 13.6. The molecule has 1 atom stereocenters. The number of fused-ring (bicyclic) bond motifs is 3. The summed E-state index contributed by atoms with van der Waals surface area (Å²) in [6, 6.07) is 0. The minimum atomic E-state index is 0.134. The van der Waals surface area contributed by atoms with Gasteiger partial charge in [0.1, 0.15) is 4.83 Å². The van der Waals surface area contributed by atoms with Crippen molar-refractivity contribution in [2.75, 3.05) is 5.75 Å². The molecule has 3 nitrogen and oxygen atoms in total. The SMILES string of the molecule is C=CCn1c(SCCCCCCC)nc2sc3c(c2c1=O)CCC(C(C)(C)C)C3. The van der Waals surface area contributed by atoms with Crippen molar-refractivity contribution in [3.8, 4) is 0 Å². The zero-order valence-electron chi connectivity index (χ0n) is 18.6. The maximum atomic E-state index is 13.4. The summed E-state index contributed by atoms with van der Waals surface area (Å²) in [7, 11) is 0. The highest BCUT2D eigenvalue weighted by Crippen LogP contribution is 2.42. The number of aryl methyl sites for hydroxylation is 1. The van der Waals surface area contributed by atoms with Crippen LogP contribution in [-0.4, -0.2) is 15.3 Å². The van der Waals surface area contributed by atoms with Gasteiger partial charge in [-0.05, 0) is 42.6 Å². The Kier molecular flexibility index (Phi) is 7.66. The third-order valence-corrected chi connectivity index (χ3v) is 8.36. The van der Waals surface area contributed by atoms with E-state index in [-0.39, 0.29) is 5.56 Å². The standard InChI is InChI=1S/C24H36N2OS2/c1-6-8-9-10-11-15-28-23-25-21-20(22(27)26(23)14-7-2)18-13-12-17(24(3,4)5)16-19(18)29-21/h7,17H,2,6,8-16H2,1,3-5H3. The summed E-state index contributed by atoms with van der Waals surface area (Å²) in [5.41, 5.74) is 1.72. The fourth-order valence-corrected chi connectivity index (χ4v) is 6.60. The number of thioether (sulfide) groups is 1. The quantitative estimate of drug-likeness (QED) is 0.188. The van der Waals surface area contributed by atoms with Crippen LogP contribution < -0.4 is 5.56 Å². The molecular weight excluding hydrogens is 396 g/mol. The molecule has 3 rings (SSSR count). The molecule has 5 heteroatoms. The van der Waals surface area contributed by atoms with Gasteiger partial charge in [0.05, 0.1) is 5.39 Å². The van der Waals surface area contributed by atoms with Gasteiger partial charge in [0.25, 0.3) is 5.56 Å². The van der Waals surface area contributed by atoms with Crippen molar-refractivity contribution in [2.24, 2.45) is 11.3 Å². The van der Waals surface area contributed by atoms with Crippen LogP contribution >= 0.6 is 23.1 Å². The lowest BCUT2D eigenvalue weighted by Crippen LogP contribution is -2.27. The van der Waals surface area contributed by atoms with Gasteiger partial charge in [-0.15, -0.1) is 17.9 Å². The Bertz CT molecular complexity index is 904. The van der Waals surface area contributed by atoms with E-state index in [4.69, 9.17) is 4.98 Å². The van der Waals surface area contributed by atoms with Crippen LogP contribution in [0.2, 0.25) is 0 Å². The van der Waals surface area contributed by atoms with E-state index >= 15 is 0 Å². The number of hydrogen-bond donors (Lipinski definition) is 0. The molecule has 2 aromatic heterocycles. The summed E-state index contributed by atoms with van der Waals surface area (Å²) in [6.07, 6.45) is 11.4. The van der Waals surface area contributed by atoms with Crippen molar-refractivity contribution >= 4 is 33.3 Å². The number of unbranched alkanes of at least 4 members (excludes halogenated alkanes) is 4. The van der Waals surface area contributed by atoms with Gasteiger partial charge in [-0.25, -0.2) is 4.98 Å². The van der Waals surface area contributed by atoms with E-state index in [9.17, 15) is 4.79 Å². The van der Waals surface area contributed by atoms with Crippen LogP contribution in [0.15, 0.2) is 22.6 Å². The molecule has 0 N–H and O–H groups in total. The second-order valence-electron chi connectivity index (χ2n) is 9.35. The van der Waals surface area contributed by atoms with Gasteiger partial charge < -0.3 is 0 Å². The predicted octanol–water partition coefficient (Wildman–Crippen LogP) is 6.86. The highest BCUT2D eigenvalue weighted by atomic mass is 32.2. The largest absolute Gasteiger partial charge is 0.283 e. The van der Waals surface area contributed by atoms with E-state index < -0.39 is 0 Å². The Morgan fingerprint density at radius 1 is 1.28 bits per heavy atom.